The van der Waals surface area contributed by atoms with Gasteiger partial charge in [0.05, 0.1) is 11.0 Å². The molecule has 1 fully saturated rings. The van der Waals surface area contributed by atoms with Gasteiger partial charge in [-0.05, 0) is 30.9 Å². The summed E-state index contributed by atoms with van der Waals surface area (Å²) < 4.78 is 40.3. The average molecular weight is 363 g/mol. The number of halogens is 4. The Balaban J connectivity index is 0.00000208. The van der Waals surface area contributed by atoms with E-state index in [1.807, 2.05) is 0 Å². The van der Waals surface area contributed by atoms with E-state index in [1.54, 1.807) is 12.1 Å². The van der Waals surface area contributed by atoms with Crippen molar-refractivity contribution in [3.63, 3.8) is 0 Å². The van der Waals surface area contributed by atoms with Crippen molar-refractivity contribution < 1.29 is 18.0 Å². The van der Waals surface area contributed by atoms with Gasteiger partial charge in [0.1, 0.15) is 6.54 Å². The highest BCUT2D eigenvalue weighted by Gasteiger charge is 2.38. The second-order valence-corrected chi connectivity index (χ2v) is 5.81. The Bertz CT molecular complexity index is 727. The first kappa shape index (κ1) is 18.5. The van der Waals surface area contributed by atoms with Gasteiger partial charge in [-0.3, -0.25) is 4.79 Å². The Morgan fingerprint density at radius 3 is 2.67 bits per heavy atom. The normalized spacial score (nSPS) is 15.8. The van der Waals surface area contributed by atoms with Gasteiger partial charge in [-0.25, -0.2) is 4.98 Å². The van der Waals surface area contributed by atoms with Gasteiger partial charge in [-0.1, -0.05) is 12.1 Å². The fraction of sp³-hybridized carbons (Fsp3) is 0.467. The van der Waals surface area contributed by atoms with E-state index >= 15 is 0 Å². The number of carbonyl (C=O) groups excluding carboxylic acids is 1. The smallest absolute Gasteiger partial charge is 0.353 e. The number of carbonyl (C=O) groups is 1. The topological polar surface area (TPSA) is 72.9 Å². The van der Waals surface area contributed by atoms with Crippen molar-refractivity contribution >= 4 is 29.3 Å². The summed E-state index contributed by atoms with van der Waals surface area (Å²) in [5.41, 5.74) is 6.37. The number of fused-ring (bicyclic) bond motifs is 1. The lowest BCUT2D eigenvalue weighted by atomic mass is 10.2. The molecule has 1 aliphatic rings. The van der Waals surface area contributed by atoms with Gasteiger partial charge in [0, 0.05) is 12.6 Å². The largest absolute Gasteiger partial charge is 0.449 e. The molecule has 1 heterocycles. The van der Waals surface area contributed by atoms with E-state index in [4.69, 9.17) is 5.73 Å². The third kappa shape index (κ3) is 3.99. The number of nitrogens with two attached hydrogens (primary N) is 1. The zero-order chi connectivity index (χ0) is 16.6. The highest BCUT2D eigenvalue weighted by molar-refractivity contribution is 5.85. The van der Waals surface area contributed by atoms with Crippen molar-refractivity contribution in [1.29, 1.82) is 0 Å². The van der Waals surface area contributed by atoms with Crippen LogP contribution in [-0.4, -0.2) is 28.0 Å². The summed E-state index contributed by atoms with van der Waals surface area (Å²) in [5, 5.41) is 2.61. The third-order valence-corrected chi connectivity index (χ3v) is 3.97. The lowest BCUT2D eigenvalue weighted by molar-refractivity contribution is -0.147. The Labute approximate surface area is 142 Å². The molecule has 0 radical (unpaired) electrons. The molecule has 1 aromatic carbocycles. The molecule has 3 rings (SSSR count). The molecule has 1 unspecified atom stereocenters. The number of alkyl halides is 3. The number of hydrogen-bond donors (Lipinski definition) is 2. The van der Waals surface area contributed by atoms with Crippen LogP contribution in [0, 0.1) is 5.92 Å². The molecule has 0 aliphatic heterocycles. The van der Waals surface area contributed by atoms with Gasteiger partial charge in [-0.15, -0.1) is 12.4 Å². The molecule has 1 aromatic heterocycles. The molecule has 1 amide bonds. The van der Waals surface area contributed by atoms with Crippen LogP contribution in [-0.2, 0) is 17.5 Å². The minimum atomic E-state index is -4.62. The molecular formula is C15H18ClF3N4O. The fourth-order valence-corrected chi connectivity index (χ4v) is 2.57. The molecule has 0 saturated heterocycles. The monoisotopic (exact) mass is 362 g/mol. The van der Waals surface area contributed by atoms with Crippen molar-refractivity contribution in [2.24, 2.45) is 11.7 Å². The van der Waals surface area contributed by atoms with E-state index < -0.39 is 24.5 Å². The summed E-state index contributed by atoms with van der Waals surface area (Å²) in [6.45, 7) is -0.162. The fourth-order valence-electron chi connectivity index (χ4n) is 2.57. The van der Waals surface area contributed by atoms with Crippen LogP contribution in [0.15, 0.2) is 24.3 Å². The van der Waals surface area contributed by atoms with Crippen LogP contribution in [0.5, 0.6) is 0 Å². The van der Waals surface area contributed by atoms with Gasteiger partial charge in [0.15, 0.2) is 0 Å². The van der Waals surface area contributed by atoms with E-state index in [2.05, 4.69) is 10.3 Å². The maximum Gasteiger partial charge on any atom is 0.449 e. The van der Waals surface area contributed by atoms with Crippen LogP contribution in [0.4, 0.5) is 13.2 Å². The second kappa shape index (κ2) is 6.98. The standard InChI is InChI=1S/C15H17F3N4O.ClH/c16-15(17,18)14-21-11-3-1-2-4-12(11)22(14)8-13(23)20-7-10(19)9-5-6-9;/h1-4,9-10H,5-8,19H2,(H,20,23);1H. The van der Waals surface area contributed by atoms with E-state index in [1.165, 1.54) is 12.1 Å². The Kier molecular flexibility index (Phi) is 5.39. The SMILES string of the molecule is Cl.NC(CNC(=O)Cn1c(C(F)(F)F)nc2ccccc21)C1CC1. The first-order valence-electron chi connectivity index (χ1n) is 7.41. The summed E-state index contributed by atoms with van der Waals surface area (Å²) in [5.74, 6) is -1.16. The predicted octanol–water partition coefficient (Wildman–Crippen LogP) is 2.33. The molecule has 3 N–H and O–H groups in total. The van der Waals surface area contributed by atoms with Crippen LogP contribution in [0.1, 0.15) is 18.7 Å². The zero-order valence-electron chi connectivity index (χ0n) is 12.7. The van der Waals surface area contributed by atoms with Gasteiger partial charge in [-0.2, -0.15) is 13.2 Å². The Hall–Kier alpha value is -1.80. The maximum atomic E-state index is 13.1. The number of nitrogens with zero attached hydrogens (tertiary/aromatic N) is 2. The highest BCUT2D eigenvalue weighted by atomic mass is 35.5. The molecule has 5 nitrogen and oxygen atoms in total. The lowest BCUT2D eigenvalue weighted by Crippen LogP contribution is -2.40. The summed E-state index contributed by atoms with van der Waals surface area (Å²) >= 11 is 0. The number of para-hydroxylation sites is 2. The number of imidazole rings is 1. The van der Waals surface area contributed by atoms with Crippen LogP contribution in [0.3, 0.4) is 0 Å². The van der Waals surface area contributed by atoms with E-state index in [0.29, 0.717) is 5.92 Å². The minimum absolute atomic E-state index is 0. The minimum Gasteiger partial charge on any atom is -0.353 e. The van der Waals surface area contributed by atoms with E-state index in [9.17, 15) is 18.0 Å². The predicted molar refractivity (Wildman–Crippen MR) is 85.7 cm³/mol. The van der Waals surface area contributed by atoms with Crippen LogP contribution < -0.4 is 11.1 Å². The molecule has 2 aromatic rings. The van der Waals surface area contributed by atoms with Crippen LogP contribution in [0.2, 0.25) is 0 Å². The van der Waals surface area contributed by atoms with E-state index in [-0.39, 0.29) is 36.0 Å². The first-order valence-corrected chi connectivity index (χ1v) is 7.41. The molecule has 1 atom stereocenters. The molecule has 132 valence electrons. The quantitative estimate of drug-likeness (QED) is 0.857. The Morgan fingerprint density at radius 1 is 1.38 bits per heavy atom. The molecule has 9 heteroatoms. The average Bonchev–Trinajstić information content (AvgIpc) is 3.27. The van der Waals surface area contributed by atoms with Crippen molar-refractivity contribution in [2.45, 2.75) is 31.6 Å². The highest BCUT2D eigenvalue weighted by Crippen LogP contribution is 2.32. The van der Waals surface area contributed by atoms with E-state index in [0.717, 1.165) is 17.4 Å². The molecule has 0 spiro atoms. The van der Waals surface area contributed by atoms with Gasteiger partial charge >= 0.3 is 6.18 Å². The first-order chi connectivity index (χ1) is 10.9. The van der Waals surface area contributed by atoms with Crippen molar-refractivity contribution in [3.8, 4) is 0 Å². The van der Waals surface area contributed by atoms with Gasteiger partial charge in [0.25, 0.3) is 0 Å². The van der Waals surface area contributed by atoms with Crippen molar-refractivity contribution in [2.75, 3.05) is 6.54 Å². The number of amides is 1. The van der Waals surface area contributed by atoms with Gasteiger partial charge < -0.3 is 15.6 Å². The molecule has 1 saturated carbocycles. The lowest BCUT2D eigenvalue weighted by Gasteiger charge is -2.14. The van der Waals surface area contributed by atoms with Crippen LogP contribution >= 0.6 is 12.4 Å². The zero-order valence-corrected chi connectivity index (χ0v) is 13.5. The number of hydrogen-bond acceptors (Lipinski definition) is 3. The van der Waals surface area contributed by atoms with Crippen molar-refractivity contribution in [1.82, 2.24) is 14.9 Å². The molecular weight excluding hydrogens is 345 g/mol. The summed E-state index contributed by atoms with van der Waals surface area (Å²) in [6.07, 6.45) is -2.54. The van der Waals surface area contributed by atoms with Crippen LogP contribution in [0.25, 0.3) is 11.0 Å². The summed E-state index contributed by atoms with van der Waals surface area (Å²) in [4.78, 5) is 15.6. The molecule has 1 aliphatic carbocycles. The Morgan fingerprint density at radius 2 is 2.04 bits per heavy atom. The molecule has 0 bridgehead atoms. The number of nitrogens with one attached hydrogen (secondary N) is 1. The second-order valence-electron chi connectivity index (χ2n) is 5.81. The number of rotatable bonds is 5. The third-order valence-electron chi connectivity index (χ3n) is 3.97. The number of aromatic nitrogens is 2. The van der Waals surface area contributed by atoms with Gasteiger partial charge in [0.2, 0.25) is 11.7 Å². The number of benzene rings is 1. The molecule has 24 heavy (non-hydrogen) atoms. The summed E-state index contributed by atoms with van der Waals surface area (Å²) in [6, 6.07) is 6.08. The maximum absolute atomic E-state index is 13.1. The van der Waals surface area contributed by atoms with Crippen molar-refractivity contribution in [3.05, 3.63) is 30.1 Å². The summed E-state index contributed by atoms with van der Waals surface area (Å²) in [7, 11) is 0.